The average Bonchev–Trinajstić information content (AvgIpc) is 3.03. The van der Waals surface area contributed by atoms with Crippen molar-refractivity contribution in [2.75, 3.05) is 37.4 Å². The van der Waals surface area contributed by atoms with Crippen LogP contribution < -0.4 is 19.1 Å². The lowest BCUT2D eigenvalue weighted by Gasteiger charge is -2.33. The third kappa shape index (κ3) is 9.15. The van der Waals surface area contributed by atoms with E-state index < -0.39 is 28.5 Å². The van der Waals surface area contributed by atoms with E-state index in [0.717, 1.165) is 14.8 Å². The molecule has 3 aromatic rings. The van der Waals surface area contributed by atoms with Crippen molar-refractivity contribution in [2.24, 2.45) is 5.92 Å². The number of benzene rings is 3. The van der Waals surface area contributed by atoms with Crippen LogP contribution in [0.15, 0.2) is 82.6 Å². The van der Waals surface area contributed by atoms with Crippen molar-refractivity contribution >= 4 is 39.3 Å². The Morgan fingerprint density at radius 2 is 1.64 bits per heavy atom. The molecule has 3 aromatic carbocycles. The molecule has 0 aromatic heterocycles. The van der Waals surface area contributed by atoms with Gasteiger partial charge in [0.15, 0.2) is 0 Å². The molecular weight excluding hydrogens is 599 g/mol. The molecule has 0 fully saturated rings. The zero-order valence-corrected chi connectivity index (χ0v) is 27.9. The highest BCUT2D eigenvalue weighted by atomic mass is 32.2. The summed E-state index contributed by atoms with van der Waals surface area (Å²) >= 11 is 1.50. The first kappa shape index (κ1) is 34.8. The molecule has 0 saturated heterocycles. The van der Waals surface area contributed by atoms with E-state index in [0.29, 0.717) is 36.8 Å². The third-order valence-corrected chi connectivity index (χ3v) is 9.45. The van der Waals surface area contributed by atoms with Crippen LogP contribution in [0.3, 0.4) is 0 Å². The van der Waals surface area contributed by atoms with Crippen LogP contribution in [0, 0.1) is 5.92 Å². The van der Waals surface area contributed by atoms with E-state index in [-0.39, 0.29) is 23.3 Å². The molecule has 3 rings (SSSR count). The summed E-state index contributed by atoms with van der Waals surface area (Å²) in [6.45, 7) is 8.16. The van der Waals surface area contributed by atoms with Gasteiger partial charge in [0.2, 0.25) is 11.8 Å². The second-order valence-electron chi connectivity index (χ2n) is 10.6. The van der Waals surface area contributed by atoms with Crippen molar-refractivity contribution in [3.05, 3.63) is 78.4 Å². The van der Waals surface area contributed by atoms with Crippen molar-refractivity contribution < 1.29 is 27.5 Å². The quantitative estimate of drug-likeness (QED) is 0.203. The number of anilines is 1. The second kappa shape index (κ2) is 16.4. The molecule has 0 bridgehead atoms. The highest BCUT2D eigenvalue weighted by Crippen LogP contribution is 2.28. The number of methoxy groups -OCH3 is 1. The number of nitrogens with zero attached hydrogens (tertiary/aromatic N) is 2. The molecule has 0 aliphatic carbocycles. The lowest BCUT2D eigenvalue weighted by molar-refractivity contribution is -0.140. The Bertz CT molecular complexity index is 1480. The molecule has 1 N–H and O–H groups in total. The molecular formula is C33H43N3O6S2. The Morgan fingerprint density at radius 3 is 2.20 bits per heavy atom. The minimum absolute atomic E-state index is 0.0537. The van der Waals surface area contributed by atoms with Gasteiger partial charge in [0, 0.05) is 18.0 Å². The van der Waals surface area contributed by atoms with Gasteiger partial charge in [-0.2, -0.15) is 0 Å². The number of carbonyl (C=O) groups is 2. The van der Waals surface area contributed by atoms with Crippen LogP contribution in [0.1, 0.15) is 39.7 Å². The van der Waals surface area contributed by atoms with Crippen molar-refractivity contribution in [1.82, 2.24) is 10.2 Å². The first-order chi connectivity index (χ1) is 21.0. The predicted molar refractivity (Wildman–Crippen MR) is 176 cm³/mol. The van der Waals surface area contributed by atoms with Gasteiger partial charge in [-0.1, -0.05) is 32.9 Å². The maximum absolute atomic E-state index is 14.3. The smallest absolute Gasteiger partial charge is 0.264 e. The van der Waals surface area contributed by atoms with Crippen molar-refractivity contribution in [3.63, 3.8) is 0 Å². The number of nitrogens with one attached hydrogen (secondary N) is 1. The fraction of sp³-hybridized carbons (Fsp3) is 0.394. The summed E-state index contributed by atoms with van der Waals surface area (Å²) in [5, 5.41) is 2.94. The number of hydrogen-bond donors (Lipinski definition) is 1. The Labute approximate surface area is 266 Å². The number of ether oxygens (including phenoxy) is 2. The molecule has 0 radical (unpaired) electrons. The normalized spacial score (nSPS) is 12.0. The van der Waals surface area contributed by atoms with Crippen molar-refractivity contribution in [1.29, 1.82) is 0 Å². The average molecular weight is 642 g/mol. The largest absolute Gasteiger partial charge is 0.497 e. The van der Waals surface area contributed by atoms with Gasteiger partial charge in [0.1, 0.15) is 24.1 Å². The number of sulfonamides is 1. The van der Waals surface area contributed by atoms with E-state index in [4.69, 9.17) is 9.47 Å². The van der Waals surface area contributed by atoms with Crippen molar-refractivity contribution in [3.8, 4) is 11.5 Å². The van der Waals surface area contributed by atoms with Crippen LogP contribution in [0.5, 0.6) is 11.5 Å². The first-order valence-electron chi connectivity index (χ1n) is 14.6. The summed E-state index contributed by atoms with van der Waals surface area (Å²) < 4.78 is 40.3. The number of amides is 2. The Kier molecular flexibility index (Phi) is 13.0. The molecule has 0 heterocycles. The van der Waals surface area contributed by atoms with E-state index in [2.05, 4.69) is 5.32 Å². The van der Waals surface area contributed by atoms with Crippen LogP contribution in [0.2, 0.25) is 0 Å². The van der Waals surface area contributed by atoms with Gasteiger partial charge in [-0.3, -0.25) is 13.9 Å². The molecule has 0 aliphatic heterocycles. The molecule has 1 atom stereocenters. The molecule has 0 saturated carbocycles. The number of carbonyl (C=O) groups excluding carboxylic acids is 2. The number of hydrogen-bond acceptors (Lipinski definition) is 7. The molecule has 0 spiro atoms. The van der Waals surface area contributed by atoms with Crippen LogP contribution >= 0.6 is 11.8 Å². The molecule has 2 amide bonds. The molecule has 44 heavy (non-hydrogen) atoms. The van der Waals surface area contributed by atoms with Crippen LogP contribution in [0.25, 0.3) is 0 Å². The van der Waals surface area contributed by atoms with Crippen LogP contribution in [-0.2, 0) is 26.2 Å². The van der Waals surface area contributed by atoms with Gasteiger partial charge in [-0.05, 0) is 91.7 Å². The van der Waals surface area contributed by atoms with Crippen LogP contribution in [-0.4, -0.2) is 64.2 Å². The summed E-state index contributed by atoms with van der Waals surface area (Å²) in [6, 6.07) is 19.5. The Balaban J connectivity index is 2.06. The summed E-state index contributed by atoms with van der Waals surface area (Å²) in [5.74, 6) is 0.603. The fourth-order valence-electron chi connectivity index (χ4n) is 4.59. The maximum Gasteiger partial charge on any atom is 0.264 e. The zero-order valence-electron chi connectivity index (χ0n) is 26.3. The van der Waals surface area contributed by atoms with E-state index in [9.17, 15) is 18.0 Å². The van der Waals surface area contributed by atoms with E-state index in [1.165, 1.54) is 28.8 Å². The number of thioether (sulfide) groups is 1. The molecule has 11 heteroatoms. The molecule has 9 nitrogen and oxygen atoms in total. The Morgan fingerprint density at radius 1 is 0.955 bits per heavy atom. The summed E-state index contributed by atoms with van der Waals surface area (Å²) in [5.41, 5.74) is 1.05. The van der Waals surface area contributed by atoms with Gasteiger partial charge in [-0.25, -0.2) is 8.42 Å². The van der Waals surface area contributed by atoms with Gasteiger partial charge in [0.25, 0.3) is 10.0 Å². The predicted octanol–water partition coefficient (Wildman–Crippen LogP) is 5.59. The van der Waals surface area contributed by atoms with E-state index in [1.807, 2.05) is 46.1 Å². The summed E-state index contributed by atoms with van der Waals surface area (Å²) in [4.78, 5) is 30.1. The standard InChI is InChI=1S/C33H43N3O6S2/c1-7-31(33(38)34-21-24(3)4)35(22-25-10-9-11-28(20-25)41-5)32(37)23-36(26-12-14-27(15-13-26)42-8-2)44(39,40)30-18-16-29(43-6)17-19-30/h9-20,24,31H,7-8,21-23H2,1-6H3,(H,34,38). The van der Waals surface area contributed by atoms with Gasteiger partial charge in [0.05, 0.1) is 24.3 Å². The summed E-state index contributed by atoms with van der Waals surface area (Å²) in [7, 11) is -2.62. The fourth-order valence-corrected chi connectivity index (χ4v) is 6.41. The number of rotatable bonds is 16. The highest BCUT2D eigenvalue weighted by molar-refractivity contribution is 7.98. The topological polar surface area (TPSA) is 105 Å². The SMILES string of the molecule is CCOc1ccc(N(CC(=O)N(Cc2cccc(OC)c2)C(CC)C(=O)NCC(C)C)S(=O)(=O)c2ccc(SC)cc2)cc1. The van der Waals surface area contributed by atoms with Crippen LogP contribution in [0.4, 0.5) is 5.69 Å². The third-order valence-electron chi connectivity index (χ3n) is 6.92. The maximum atomic E-state index is 14.3. The van der Waals surface area contributed by atoms with Gasteiger partial charge in [-0.15, -0.1) is 11.8 Å². The first-order valence-corrected chi connectivity index (χ1v) is 17.3. The highest BCUT2D eigenvalue weighted by Gasteiger charge is 2.33. The molecule has 0 aliphatic rings. The Hall–Kier alpha value is -3.70. The van der Waals surface area contributed by atoms with Gasteiger partial charge < -0.3 is 19.7 Å². The molecule has 238 valence electrons. The summed E-state index contributed by atoms with van der Waals surface area (Å²) in [6.07, 6.45) is 2.25. The molecule has 1 unspecified atom stereocenters. The second-order valence-corrected chi connectivity index (χ2v) is 13.3. The monoisotopic (exact) mass is 641 g/mol. The zero-order chi connectivity index (χ0) is 32.3. The minimum atomic E-state index is -4.18. The van der Waals surface area contributed by atoms with Gasteiger partial charge >= 0.3 is 0 Å². The lowest BCUT2D eigenvalue weighted by atomic mass is 10.1. The minimum Gasteiger partial charge on any atom is -0.497 e. The lowest BCUT2D eigenvalue weighted by Crippen LogP contribution is -2.52. The van der Waals surface area contributed by atoms with E-state index >= 15 is 0 Å². The van der Waals surface area contributed by atoms with Crippen molar-refractivity contribution in [2.45, 2.75) is 56.5 Å². The van der Waals surface area contributed by atoms with E-state index in [1.54, 1.807) is 55.6 Å².